The zero-order chi connectivity index (χ0) is 10.7. The van der Waals surface area contributed by atoms with Crippen LogP contribution in [0.4, 0.5) is 5.95 Å². The maximum Gasteiger partial charge on any atom is 0.270 e. The highest BCUT2D eigenvalue weighted by atomic mass is 79.9. The van der Waals surface area contributed by atoms with Crippen LogP contribution in [0.15, 0.2) is 22.9 Å². The van der Waals surface area contributed by atoms with Gasteiger partial charge in [-0.25, -0.2) is 0 Å². The van der Waals surface area contributed by atoms with Crippen LogP contribution in [0.2, 0.25) is 0 Å². The Labute approximate surface area is 92.4 Å². The van der Waals surface area contributed by atoms with E-state index >= 15 is 0 Å². The van der Waals surface area contributed by atoms with Crippen molar-refractivity contribution in [3.05, 3.63) is 28.5 Å². The molecule has 2 N–H and O–H groups in total. The Morgan fingerprint density at radius 3 is 3.00 bits per heavy atom. The number of nitrogens with one attached hydrogen (secondary N) is 2. The highest BCUT2D eigenvalue weighted by Gasteiger charge is 2.08. The molecule has 2 aromatic heterocycles. The Kier molecular flexibility index (Phi) is 2.68. The first kappa shape index (κ1) is 9.71. The van der Waals surface area contributed by atoms with E-state index in [0.29, 0.717) is 5.56 Å². The van der Waals surface area contributed by atoms with Gasteiger partial charge in [0.15, 0.2) is 0 Å². The normalized spacial score (nSPS) is 9.93. The van der Waals surface area contributed by atoms with Gasteiger partial charge in [0.05, 0.1) is 5.56 Å². The summed E-state index contributed by atoms with van der Waals surface area (Å²) in [6.45, 7) is 0. The second kappa shape index (κ2) is 4.13. The molecule has 8 heteroatoms. The lowest BCUT2D eigenvalue weighted by Gasteiger charge is -1.99. The number of hydrogen-bond donors (Lipinski definition) is 2. The summed E-state index contributed by atoms with van der Waals surface area (Å²) in [7, 11) is 0. The minimum absolute atomic E-state index is 0.125. The average Bonchev–Trinajstić information content (AvgIpc) is 2.70. The quantitative estimate of drug-likeness (QED) is 0.832. The molecule has 0 aromatic carbocycles. The first-order valence-corrected chi connectivity index (χ1v) is 4.70. The van der Waals surface area contributed by atoms with E-state index in [1.54, 1.807) is 12.3 Å². The molecule has 0 fully saturated rings. The van der Waals surface area contributed by atoms with Crippen molar-refractivity contribution >= 4 is 27.8 Å². The largest absolute Gasteiger partial charge is 0.288 e. The minimum Gasteiger partial charge on any atom is -0.288 e. The second-order valence-corrected chi connectivity index (χ2v) is 3.50. The molecule has 76 valence electrons. The monoisotopic (exact) mass is 268 g/mol. The van der Waals surface area contributed by atoms with Gasteiger partial charge in [0.1, 0.15) is 0 Å². The highest BCUT2D eigenvalue weighted by Crippen LogP contribution is 2.10. The molecule has 1 amide bonds. The van der Waals surface area contributed by atoms with Gasteiger partial charge >= 0.3 is 0 Å². The van der Waals surface area contributed by atoms with Crippen molar-refractivity contribution in [1.29, 1.82) is 0 Å². The molecule has 2 rings (SSSR count). The number of aromatic nitrogens is 5. The molecule has 0 atom stereocenters. The van der Waals surface area contributed by atoms with E-state index in [1.807, 2.05) is 0 Å². The Bertz CT molecular complexity index is 470. The van der Waals surface area contributed by atoms with Crippen molar-refractivity contribution in [2.45, 2.75) is 0 Å². The van der Waals surface area contributed by atoms with E-state index in [1.165, 1.54) is 6.20 Å². The number of pyridine rings is 1. The van der Waals surface area contributed by atoms with Gasteiger partial charge in [0, 0.05) is 16.9 Å². The standard InChI is InChI=1S/C7H5BrN6O/c8-5-1-4(2-9-3-5)6(15)10-7-11-13-14-12-7/h1-3H,(H2,10,11,12,13,14,15). The second-order valence-electron chi connectivity index (χ2n) is 2.58. The Balaban J connectivity index is 2.15. The molecule has 0 radical (unpaired) electrons. The summed E-state index contributed by atoms with van der Waals surface area (Å²) < 4.78 is 0.725. The number of anilines is 1. The number of carbonyl (C=O) groups is 1. The third kappa shape index (κ3) is 2.34. The smallest absolute Gasteiger partial charge is 0.270 e. The fraction of sp³-hybridized carbons (Fsp3) is 0. The first-order chi connectivity index (χ1) is 7.25. The molecule has 0 unspecified atom stereocenters. The summed E-state index contributed by atoms with van der Waals surface area (Å²) in [5.74, 6) is -0.217. The van der Waals surface area contributed by atoms with Crippen LogP contribution in [-0.2, 0) is 0 Å². The summed E-state index contributed by atoms with van der Waals surface area (Å²) in [4.78, 5) is 15.4. The van der Waals surface area contributed by atoms with Crippen molar-refractivity contribution in [3.63, 3.8) is 0 Å². The molecule has 0 saturated carbocycles. The molecular weight excluding hydrogens is 264 g/mol. The van der Waals surface area contributed by atoms with Crippen LogP contribution in [0.25, 0.3) is 0 Å². The van der Waals surface area contributed by atoms with E-state index in [0.717, 1.165) is 4.47 Å². The fourth-order valence-electron chi connectivity index (χ4n) is 0.925. The molecule has 2 aromatic rings. The number of amides is 1. The zero-order valence-corrected chi connectivity index (χ0v) is 8.89. The summed E-state index contributed by atoms with van der Waals surface area (Å²) in [6, 6.07) is 1.64. The van der Waals surface area contributed by atoms with Gasteiger partial charge < -0.3 is 0 Å². The number of nitrogens with zero attached hydrogens (tertiary/aromatic N) is 4. The predicted octanol–water partition coefficient (Wildman–Crippen LogP) is 0.609. The topological polar surface area (TPSA) is 96.5 Å². The van der Waals surface area contributed by atoms with Crippen LogP contribution in [0, 0.1) is 0 Å². The fourth-order valence-corrected chi connectivity index (χ4v) is 1.29. The lowest BCUT2D eigenvalue weighted by molar-refractivity contribution is 0.102. The third-order valence-corrected chi connectivity index (χ3v) is 1.97. The molecule has 0 aliphatic rings. The van der Waals surface area contributed by atoms with Crippen molar-refractivity contribution < 1.29 is 4.79 Å². The summed E-state index contributed by atoms with van der Waals surface area (Å²) >= 11 is 3.22. The number of aromatic amines is 1. The number of tetrazole rings is 1. The molecule has 0 saturated heterocycles. The molecule has 0 aliphatic heterocycles. The van der Waals surface area contributed by atoms with Gasteiger partial charge in [-0.15, -0.1) is 5.10 Å². The van der Waals surface area contributed by atoms with Crippen LogP contribution < -0.4 is 5.32 Å². The van der Waals surface area contributed by atoms with Crippen LogP contribution in [0.5, 0.6) is 0 Å². The third-order valence-electron chi connectivity index (χ3n) is 1.54. The zero-order valence-electron chi connectivity index (χ0n) is 7.31. The summed E-state index contributed by atoms with van der Waals surface area (Å²) in [5, 5.41) is 15.2. The van der Waals surface area contributed by atoms with E-state index < -0.39 is 0 Å². The molecule has 0 aliphatic carbocycles. The number of carbonyl (C=O) groups excluding carboxylic acids is 1. The van der Waals surface area contributed by atoms with Gasteiger partial charge in [0.25, 0.3) is 11.9 Å². The average molecular weight is 269 g/mol. The maximum atomic E-state index is 11.6. The van der Waals surface area contributed by atoms with Crippen molar-refractivity contribution in [2.24, 2.45) is 0 Å². The summed E-state index contributed by atoms with van der Waals surface area (Å²) in [5.41, 5.74) is 0.411. The van der Waals surface area contributed by atoms with Crippen LogP contribution >= 0.6 is 15.9 Å². The predicted molar refractivity (Wildman–Crippen MR) is 54.1 cm³/mol. The van der Waals surface area contributed by atoms with Gasteiger partial charge in [-0.05, 0) is 27.2 Å². The molecule has 2 heterocycles. The van der Waals surface area contributed by atoms with Gasteiger partial charge in [-0.3, -0.25) is 15.1 Å². The van der Waals surface area contributed by atoms with Crippen molar-refractivity contribution in [2.75, 3.05) is 5.32 Å². The van der Waals surface area contributed by atoms with Crippen molar-refractivity contribution in [3.8, 4) is 0 Å². The number of hydrogen-bond acceptors (Lipinski definition) is 5. The van der Waals surface area contributed by atoms with Crippen LogP contribution in [0.3, 0.4) is 0 Å². The van der Waals surface area contributed by atoms with E-state index in [-0.39, 0.29) is 11.9 Å². The van der Waals surface area contributed by atoms with Gasteiger partial charge in [-0.2, -0.15) is 5.21 Å². The molecule has 15 heavy (non-hydrogen) atoms. The van der Waals surface area contributed by atoms with Crippen LogP contribution in [0.1, 0.15) is 10.4 Å². The summed E-state index contributed by atoms with van der Waals surface area (Å²) in [6.07, 6.45) is 3.03. The minimum atomic E-state index is -0.342. The van der Waals surface area contributed by atoms with E-state index in [2.05, 4.69) is 46.9 Å². The molecular formula is C7H5BrN6O. The first-order valence-electron chi connectivity index (χ1n) is 3.91. The highest BCUT2D eigenvalue weighted by molar-refractivity contribution is 9.10. The van der Waals surface area contributed by atoms with Crippen LogP contribution in [-0.4, -0.2) is 31.5 Å². The van der Waals surface area contributed by atoms with Gasteiger partial charge in [-0.1, -0.05) is 5.10 Å². The molecule has 7 nitrogen and oxygen atoms in total. The molecule has 0 spiro atoms. The lowest BCUT2D eigenvalue weighted by atomic mass is 10.3. The number of halogens is 1. The Hall–Kier alpha value is -1.83. The molecule has 0 bridgehead atoms. The Morgan fingerprint density at radius 1 is 1.47 bits per heavy atom. The lowest BCUT2D eigenvalue weighted by Crippen LogP contribution is -2.13. The number of H-pyrrole nitrogens is 1. The Morgan fingerprint density at radius 2 is 2.33 bits per heavy atom. The SMILES string of the molecule is O=C(Nc1nn[nH]n1)c1cncc(Br)c1. The maximum absolute atomic E-state index is 11.6. The van der Waals surface area contributed by atoms with Gasteiger partial charge in [0.2, 0.25) is 0 Å². The van der Waals surface area contributed by atoms with E-state index in [9.17, 15) is 4.79 Å². The van der Waals surface area contributed by atoms with E-state index in [4.69, 9.17) is 0 Å². The van der Waals surface area contributed by atoms with Crippen molar-refractivity contribution in [1.82, 2.24) is 25.6 Å². The number of rotatable bonds is 2.